The van der Waals surface area contributed by atoms with Gasteiger partial charge in [-0.15, -0.1) is 5.10 Å². The number of benzene rings is 1. The van der Waals surface area contributed by atoms with Crippen molar-refractivity contribution < 1.29 is 17.2 Å². The highest BCUT2D eigenvalue weighted by molar-refractivity contribution is 7.87. The number of piperidine rings is 1. The van der Waals surface area contributed by atoms with E-state index in [0.29, 0.717) is 30.5 Å². The van der Waals surface area contributed by atoms with Gasteiger partial charge in [-0.1, -0.05) is 45.1 Å². The van der Waals surface area contributed by atoms with Crippen LogP contribution in [0.2, 0.25) is 0 Å². The quantitative estimate of drug-likeness (QED) is 0.603. The molecule has 4 rings (SSSR count). The summed E-state index contributed by atoms with van der Waals surface area (Å²) < 4.78 is 50.9. The zero-order valence-electron chi connectivity index (χ0n) is 20.1. The average Bonchev–Trinajstić information content (AvgIpc) is 3.26. The Kier molecular flexibility index (Phi) is 7.59. The summed E-state index contributed by atoms with van der Waals surface area (Å²) in [6.07, 6.45) is 8.02. The lowest BCUT2D eigenvalue weighted by Crippen LogP contribution is -2.47. The number of aromatic nitrogens is 2. The summed E-state index contributed by atoms with van der Waals surface area (Å²) in [5.41, 5.74) is 1.98. The molecule has 1 saturated heterocycles. The van der Waals surface area contributed by atoms with Crippen LogP contribution in [0, 0.1) is 31.5 Å². The molecule has 2 atom stereocenters. The van der Waals surface area contributed by atoms with E-state index in [1.54, 1.807) is 19.9 Å². The number of rotatable bonds is 7. The van der Waals surface area contributed by atoms with Crippen molar-refractivity contribution in [2.24, 2.45) is 11.8 Å². The Labute approximate surface area is 200 Å². The fourth-order valence-corrected chi connectivity index (χ4v) is 7.17. The Morgan fingerprint density at radius 2 is 1.76 bits per heavy atom. The summed E-state index contributed by atoms with van der Waals surface area (Å²) in [5.74, 6) is -0.744. The highest BCUT2D eigenvalue weighted by atomic mass is 32.2. The third-order valence-electron chi connectivity index (χ3n) is 7.84. The summed E-state index contributed by atoms with van der Waals surface area (Å²) in [7, 11) is -3.92. The van der Waals surface area contributed by atoms with E-state index in [-0.39, 0.29) is 5.89 Å². The number of halogens is 1. The largest absolute Gasteiger partial charge is 0.434 e. The number of nitrogens with zero attached hydrogens (tertiary/aromatic N) is 2. The molecule has 2 heterocycles. The third-order valence-corrected chi connectivity index (χ3v) is 9.44. The molecule has 1 aromatic heterocycles. The highest BCUT2D eigenvalue weighted by Gasteiger charge is 2.37. The van der Waals surface area contributed by atoms with Crippen molar-refractivity contribution in [1.29, 1.82) is 0 Å². The molecule has 2 aromatic rings. The van der Waals surface area contributed by atoms with Crippen molar-refractivity contribution in [3.8, 4) is 0 Å². The van der Waals surface area contributed by atoms with Crippen LogP contribution in [0.1, 0.15) is 86.4 Å². The predicted molar refractivity (Wildman–Crippen MR) is 127 cm³/mol. The molecule has 2 aliphatic rings. The molecule has 10 heteroatoms. The van der Waals surface area contributed by atoms with E-state index in [1.807, 2.05) is 6.92 Å². The molecule has 1 aliphatic carbocycles. The van der Waals surface area contributed by atoms with Gasteiger partial charge in [-0.2, -0.15) is 17.4 Å². The number of aromatic amines is 1. The number of H-pyrrole nitrogens is 1. The lowest BCUT2D eigenvalue weighted by atomic mass is 9.76. The van der Waals surface area contributed by atoms with Gasteiger partial charge in [0.05, 0.1) is 0 Å². The maximum atomic E-state index is 14.9. The van der Waals surface area contributed by atoms with E-state index in [1.165, 1.54) is 42.5 Å². The zero-order valence-corrected chi connectivity index (χ0v) is 21.0. The van der Waals surface area contributed by atoms with Gasteiger partial charge in [-0.3, -0.25) is 0 Å². The van der Waals surface area contributed by atoms with Crippen molar-refractivity contribution in [2.75, 3.05) is 13.1 Å². The van der Waals surface area contributed by atoms with E-state index in [4.69, 9.17) is 4.42 Å². The highest BCUT2D eigenvalue weighted by Crippen LogP contribution is 2.37. The fourth-order valence-electron chi connectivity index (χ4n) is 5.70. The molecule has 0 radical (unpaired) electrons. The van der Waals surface area contributed by atoms with Gasteiger partial charge in [0.2, 0.25) is 5.89 Å². The lowest BCUT2D eigenvalue weighted by molar-refractivity contribution is 0.169. The first-order chi connectivity index (χ1) is 16.2. The summed E-state index contributed by atoms with van der Waals surface area (Å²) in [6, 6.07) is 2.01. The Hall–Kier alpha value is -2.04. The number of hydrogen-bond acceptors (Lipinski definition) is 5. The van der Waals surface area contributed by atoms with E-state index >= 15 is 0 Å². The topological polar surface area (TPSA) is 108 Å². The number of aryl methyl sites for hydroxylation is 1. The zero-order chi connectivity index (χ0) is 24.5. The van der Waals surface area contributed by atoms with Gasteiger partial charge in [0.1, 0.15) is 11.9 Å². The van der Waals surface area contributed by atoms with Crippen molar-refractivity contribution in [1.82, 2.24) is 19.2 Å². The number of nitrogens with one attached hydrogen (secondary N) is 2. The first-order valence-electron chi connectivity index (χ1n) is 12.3. The maximum absolute atomic E-state index is 14.9. The first kappa shape index (κ1) is 25.1. The molecule has 1 aliphatic heterocycles. The van der Waals surface area contributed by atoms with Crippen LogP contribution in [-0.4, -0.2) is 36.0 Å². The Morgan fingerprint density at radius 1 is 1.12 bits per heavy atom. The van der Waals surface area contributed by atoms with Crippen LogP contribution < -0.4 is 10.5 Å². The van der Waals surface area contributed by atoms with E-state index < -0.39 is 33.7 Å². The standard InChI is InChI=1S/C24H35FN4O4S/c1-15-9-10-20(25)21(16(15)2)17(3)22(23-26-27-24(30)33-23)28-34(31,32)29-13-11-19(12-14-29)18-7-5-4-6-8-18/h9-10,17-19,22,28H,4-8,11-14H2,1-3H3,(H,27,30)/t17-,22+/m1/s1. The Balaban J connectivity index is 1.55. The van der Waals surface area contributed by atoms with Gasteiger partial charge < -0.3 is 4.42 Å². The molecule has 0 bridgehead atoms. The van der Waals surface area contributed by atoms with Crippen LogP contribution in [0.4, 0.5) is 4.39 Å². The van der Waals surface area contributed by atoms with Gasteiger partial charge in [-0.05, 0) is 61.3 Å². The molecule has 2 fully saturated rings. The summed E-state index contributed by atoms with van der Waals surface area (Å²) in [6.45, 7) is 6.27. The molecular weight excluding hydrogens is 459 g/mol. The molecule has 0 spiro atoms. The van der Waals surface area contributed by atoms with Crippen LogP contribution >= 0.6 is 0 Å². The van der Waals surface area contributed by atoms with Crippen molar-refractivity contribution in [3.63, 3.8) is 0 Å². The Bertz CT molecular complexity index is 1150. The second-order valence-electron chi connectivity index (χ2n) is 9.88. The van der Waals surface area contributed by atoms with Crippen molar-refractivity contribution >= 4 is 10.2 Å². The fraction of sp³-hybridized carbons (Fsp3) is 0.667. The molecule has 34 heavy (non-hydrogen) atoms. The normalized spacial score (nSPS) is 20.9. The molecule has 0 amide bonds. The molecule has 188 valence electrons. The molecule has 2 N–H and O–H groups in total. The van der Waals surface area contributed by atoms with Crippen molar-refractivity contribution in [3.05, 3.63) is 51.1 Å². The second-order valence-corrected chi connectivity index (χ2v) is 11.6. The summed E-state index contributed by atoms with van der Waals surface area (Å²) >= 11 is 0. The Morgan fingerprint density at radius 3 is 2.38 bits per heavy atom. The number of hydrogen-bond donors (Lipinski definition) is 2. The molecule has 1 saturated carbocycles. The monoisotopic (exact) mass is 494 g/mol. The van der Waals surface area contributed by atoms with Gasteiger partial charge in [-0.25, -0.2) is 14.3 Å². The van der Waals surface area contributed by atoms with Crippen LogP contribution in [0.3, 0.4) is 0 Å². The predicted octanol–water partition coefficient (Wildman–Crippen LogP) is 4.09. The van der Waals surface area contributed by atoms with Crippen LogP contribution in [0.25, 0.3) is 0 Å². The van der Waals surface area contributed by atoms with Crippen LogP contribution in [0.15, 0.2) is 21.3 Å². The smallest absolute Gasteiger partial charge is 0.391 e. The van der Waals surface area contributed by atoms with Gasteiger partial charge in [0.25, 0.3) is 10.2 Å². The first-order valence-corrected chi connectivity index (χ1v) is 13.7. The third kappa shape index (κ3) is 5.28. The van der Waals surface area contributed by atoms with Gasteiger partial charge in [0, 0.05) is 19.0 Å². The average molecular weight is 495 g/mol. The summed E-state index contributed by atoms with van der Waals surface area (Å²) in [4.78, 5) is 11.6. The minimum absolute atomic E-state index is 0.113. The molecular formula is C24H35FN4O4S. The maximum Gasteiger partial charge on any atom is 0.434 e. The van der Waals surface area contributed by atoms with Crippen LogP contribution in [-0.2, 0) is 10.2 Å². The minimum Gasteiger partial charge on any atom is -0.391 e. The molecule has 1 aromatic carbocycles. The lowest BCUT2D eigenvalue weighted by Gasteiger charge is -2.37. The molecule has 0 unspecified atom stereocenters. The van der Waals surface area contributed by atoms with Gasteiger partial charge in [0.15, 0.2) is 0 Å². The van der Waals surface area contributed by atoms with Gasteiger partial charge >= 0.3 is 5.76 Å². The van der Waals surface area contributed by atoms with E-state index in [2.05, 4.69) is 14.9 Å². The minimum atomic E-state index is -3.92. The second kappa shape index (κ2) is 10.3. The van der Waals surface area contributed by atoms with Crippen LogP contribution in [0.5, 0.6) is 0 Å². The van der Waals surface area contributed by atoms with E-state index in [9.17, 15) is 17.6 Å². The SMILES string of the molecule is Cc1ccc(F)c([C@@H](C)[C@H](NS(=O)(=O)N2CCC(C3CCCCC3)CC2)c2n[nH]c(=O)o2)c1C. The van der Waals surface area contributed by atoms with Crippen molar-refractivity contribution in [2.45, 2.75) is 77.7 Å². The molecule has 8 nitrogen and oxygen atoms in total. The van der Waals surface area contributed by atoms with E-state index in [0.717, 1.165) is 24.0 Å². The summed E-state index contributed by atoms with van der Waals surface area (Å²) in [5, 5.41) is 6.06.